The molecule has 0 radical (unpaired) electrons. The second kappa shape index (κ2) is 9.03. The van der Waals surface area contributed by atoms with Crippen LogP contribution < -0.4 is 4.74 Å². The Bertz CT molecular complexity index is 473. The van der Waals surface area contributed by atoms with Crippen molar-refractivity contribution < 1.29 is 9.13 Å². The average Bonchev–Trinajstić information content (AvgIpc) is 2.63. The summed E-state index contributed by atoms with van der Waals surface area (Å²) in [5.41, 5.74) is 1.14. The number of hydrogen-bond donors (Lipinski definition) is 0. The highest BCUT2D eigenvalue weighted by Crippen LogP contribution is 2.42. The third-order valence-corrected chi connectivity index (χ3v) is 10.6. The summed E-state index contributed by atoms with van der Waals surface area (Å²) in [6.07, 6.45) is 11.7. The summed E-state index contributed by atoms with van der Waals surface area (Å²) < 4.78 is 18.8. The van der Waals surface area contributed by atoms with Crippen molar-refractivity contribution in [2.24, 2.45) is 11.8 Å². The molecule has 0 bridgehead atoms. The van der Waals surface area contributed by atoms with Crippen LogP contribution in [0.4, 0.5) is 4.39 Å². The molecular formula is C21H33FOSi. The zero-order chi connectivity index (χ0) is 16.8. The van der Waals surface area contributed by atoms with Gasteiger partial charge in [0, 0.05) is 8.80 Å². The fourth-order valence-electron chi connectivity index (χ4n) is 4.93. The van der Waals surface area contributed by atoms with Gasteiger partial charge in [0.1, 0.15) is 11.6 Å². The Morgan fingerprint density at radius 3 is 2.25 bits per heavy atom. The molecule has 0 aromatic heterocycles. The van der Waals surface area contributed by atoms with Gasteiger partial charge in [-0.3, -0.25) is 0 Å². The normalized spacial score (nSPS) is 30.9. The molecule has 2 aliphatic rings. The van der Waals surface area contributed by atoms with Crippen LogP contribution in [0.3, 0.4) is 0 Å². The van der Waals surface area contributed by atoms with Crippen molar-refractivity contribution in [1.29, 1.82) is 0 Å². The molecule has 0 amide bonds. The van der Waals surface area contributed by atoms with Gasteiger partial charge >= 0.3 is 0 Å². The van der Waals surface area contributed by atoms with Crippen molar-refractivity contribution in [2.75, 3.05) is 6.61 Å². The minimum absolute atomic E-state index is 0.192. The van der Waals surface area contributed by atoms with Crippen LogP contribution in [-0.4, -0.2) is 15.4 Å². The number of hydrogen-bond acceptors (Lipinski definition) is 1. The van der Waals surface area contributed by atoms with Crippen LogP contribution in [-0.2, 0) is 0 Å². The molecule has 0 atom stereocenters. The van der Waals surface area contributed by atoms with Gasteiger partial charge in [0.2, 0.25) is 0 Å². The molecule has 3 rings (SSSR count). The number of ether oxygens (including phenoxy) is 1. The van der Waals surface area contributed by atoms with Gasteiger partial charge in [0.05, 0.1) is 6.61 Å². The van der Waals surface area contributed by atoms with E-state index in [0.717, 1.165) is 29.7 Å². The van der Waals surface area contributed by atoms with Crippen molar-refractivity contribution in [3.63, 3.8) is 0 Å². The predicted octanol–water partition coefficient (Wildman–Crippen LogP) is 6.20. The zero-order valence-electron chi connectivity index (χ0n) is 15.2. The fraction of sp³-hybridized carbons (Fsp3) is 0.714. The largest absolute Gasteiger partial charge is 0.493 e. The lowest BCUT2D eigenvalue weighted by molar-refractivity contribution is 0.235. The highest BCUT2D eigenvalue weighted by Gasteiger charge is 2.31. The van der Waals surface area contributed by atoms with E-state index in [1.165, 1.54) is 75.6 Å². The first-order valence-corrected chi connectivity index (χ1v) is 12.4. The van der Waals surface area contributed by atoms with Gasteiger partial charge in [-0.25, -0.2) is 4.39 Å². The Hall–Kier alpha value is -0.833. The first kappa shape index (κ1) is 18.0. The molecule has 1 saturated carbocycles. The van der Waals surface area contributed by atoms with Crippen molar-refractivity contribution in [2.45, 2.75) is 75.9 Å². The summed E-state index contributed by atoms with van der Waals surface area (Å²) in [5, 5.41) is 0. The molecule has 2 fully saturated rings. The summed E-state index contributed by atoms with van der Waals surface area (Å²) in [7, 11) is -0.504. The molecule has 1 aliphatic carbocycles. The van der Waals surface area contributed by atoms with Crippen LogP contribution in [0.25, 0.3) is 0 Å². The first-order valence-electron chi connectivity index (χ1n) is 10.1. The van der Waals surface area contributed by atoms with Crippen LogP contribution >= 0.6 is 0 Å². The summed E-state index contributed by atoms with van der Waals surface area (Å²) in [5.74, 6) is 2.38. The SMILES string of the molecule is CCC[C@H]1CC[C@H]([Si@H]2CC[C@H](COc3ccc(F)cc3)CC2)CC1. The van der Waals surface area contributed by atoms with Crippen molar-refractivity contribution in [1.82, 2.24) is 0 Å². The van der Waals surface area contributed by atoms with E-state index in [2.05, 4.69) is 6.92 Å². The van der Waals surface area contributed by atoms with Crippen LogP contribution in [0, 0.1) is 17.7 Å². The molecule has 1 saturated heterocycles. The summed E-state index contributed by atoms with van der Waals surface area (Å²) in [6.45, 7) is 3.14. The standard InChI is InChI=1S/C21H33FOSi/c1-2-3-17-4-10-21(11-5-17)24-14-12-18(13-15-24)16-23-20-8-6-19(22)7-9-20/h6-9,17-18,21,24H,2-5,10-16H2,1H3/t17-,18-,21-,24-. The van der Waals surface area contributed by atoms with E-state index in [1.54, 1.807) is 12.1 Å². The smallest absolute Gasteiger partial charge is 0.123 e. The maximum absolute atomic E-state index is 12.9. The maximum atomic E-state index is 12.9. The Kier molecular flexibility index (Phi) is 6.76. The van der Waals surface area contributed by atoms with Gasteiger partial charge < -0.3 is 4.74 Å². The van der Waals surface area contributed by atoms with Gasteiger partial charge in [-0.05, 0) is 54.5 Å². The molecule has 1 aliphatic heterocycles. The molecule has 1 aromatic rings. The summed E-state index contributed by atoms with van der Waals surface area (Å²) >= 11 is 0. The molecule has 134 valence electrons. The second-order valence-corrected chi connectivity index (χ2v) is 11.7. The van der Waals surface area contributed by atoms with Gasteiger partial charge in [0.25, 0.3) is 0 Å². The topological polar surface area (TPSA) is 9.23 Å². The number of halogens is 1. The Labute approximate surface area is 148 Å². The van der Waals surface area contributed by atoms with Gasteiger partial charge in [-0.15, -0.1) is 0 Å². The molecular weight excluding hydrogens is 315 g/mol. The second-order valence-electron chi connectivity index (χ2n) is 8.12. The Morgan fingerprint density at radius 2 is 1.62 bits per heavy atom. The van der Waals surface area contributed by atoms with Crippen molar-refractivity contribution in [3.8, 4) is 5.75 Å². The highest BCUT2D eigenvalue weighted by molar-refractivity contribution is 6.60. The number of rotatable bonds is 6. The first-order chi connectivity index (χ1) is 11.7. The molecule has 3 heteroatoms. The van der Waals surface area contributed by atoms with E-state index in [9.17, 15) is 4.39 Å². The van der Waals surface area contributed by atoms with E-state index in [4.69, 9.17) is 4.74 Å². The van der Waals surface area contributed by atoms with Crippen LogP contribution in [0.5, 0.6) is 5.75 Å². The molecule has 1 heterocycles. The van der Waals surface area contributed by atoms with Gasteiger partial charge in [0.15, 0.2) is 0 Å². The molecule has 0 spiro atoms. The van der Waals surface area contributed by atoms with Crippen LogP contribution in [0.1, 0.15) is 58.3 Å². The number of benzene rings is 1. The fourth-order valence-corrected chi connectivity index (χ4v) is 9.29. The highest BCUT2D eigenvalue weighted by atomic mass is 28.3. The third kappa shape index (κ3) is 5.08. The Balaban J connectivity index is 1.36. The van der Waals surface area contributed by atoms with Crippen molar-refractivity contribution >= 4 is 8.80 Å². The quantitative estimate of drug-likeness (QED) is 0.556. The van der Waals surface area contributed by atoms with Crippen molar-refractivity contribution in [3.05, 3.63) is 30.1 Å². The van der Waals surface area contributed by atoms with E-state index < -0.39 is 8.80 Å². The van der Waals surface area contributed by atoms with Crippen LogP contribution in [0.2, 0.25) is 17.6 Å². The molecule has 24 heavy (non-hydrogen) atoms. The van der Waals surface area contributed by atoms with E-state index in [1.807, 2.05) is 0 Å². The third-order valence-electron chi connectivity index (χ3n) is 6.45. The van der Waals surface area contributed by atoms with E-state index in [0.29, 0.717) is 0 Å². The van der Waals surface area contributed by atoms with E-state index >= 15 is 0 Å². The lowest BCUT2D eigenvalue weighted by atomic mass is 9.86. The predicted molar refractivity (Wildman–Crippen MR) is 102 cm³/mol. The van der Waals surface area contributed by atoms with Gasteiger partial charge in [-0.1, -0.05) is 57.5 Å². The monoisotopic (exact) mass is 348 g/mol. The average molecular weight is 349 g/mol. The lowest BCUT2D eigenvalue weighted by Gasteiger charge is -2.37. The van der Waals surface area contributed by atoms with Gasteiger partial charge in [-0.2, -0.15) is 0 Å². The summed E-state index contributed by atoms with van der Waals surface area (Å²) in [4.78, 5) is 0. The molecule has 1 nitrogen and oxygen atoms in total. The molecule has 1 aromatic carbocycles. The van der Waals surface area contributed by atoms with E-state index in [-0.39, 0.29) is 5.82 Å². The molecule has 0 N–H and O–H groups in total. The Morgan fingerprint density at radius 1 is 0.958 bits per heavy atom. The lowest BCUT2D eigenvalue weighted by Crippen LogP contribution is -2.31. The minimum Gasteiger partial charge on any atom is -0.493 e. The summed E-state index contributed by atoms with van der Waals surface area (Å²) in [6, 6.07) is 9.50. The zero-order valence-corrected chi connectivity index (χ0v) is 16.3. The minimum atomic E-state index is -0.504. The molecule has 0 unspecified atom stereocenters. The van der Waals surface area contributed by atoms with Crippen LogP contribution in [0.15, 0.2) is 24.3 Å². The maximum Gasteiger partial charge on any atom is 0.123 e.